The lowest BCUT2D eigenvalue weighted by Gasteiger charge is -2.22. The van der Waals surface area contributed by atoms with Gasteiger partial charge in [-0.3, -0.25) is 4.98 Å². The van der Waals surface area contributed by atoms with E-state index >= 15 is 0 Å². The molecule has 1 aliphatic rings. The van der Waals surface area contributed by atoms with Gasteiger partial charge in [-0.15, -0.1) is 0 Å². The van der Waals surface area contributed by atoms with Gasteiger partial charge in [0.2, 0.25) is 0 Å². The molecule has 6 aromatic carbocycles. The van der Waals surface area contributed by atoms with Gasteiger partial charge in [0.15, 0.2) is 0 Å². The molecule has 0 bridgehead atoms. The Labute approximate surface area is 282 Å². The van der Waals surface area contributed by atoms with Crippen LogP contribution in [0.15, 0.2) is 146 Å². The number of aryl methyl sites for hydroxylation is 2. The SMILES string of the molecule is Cc1ccc2c(c1)c1cc(C)ccc1n2-c1ccc(-c2ccc3c(c2)C(C)(C)c2cc(-c4ccc(-c5ccncc5)cc4)ccc2-3)cc1. The molecule has 9 rings (SSSR count). The molecule has 2 aromatic heterocycles. The van der Waals surface area contributed by atoms with Crippen molar-refractivity contribution in [2.75, 3.05) is 0 Å². The lowest BCUT2D eigenvalue weighted by atomic mass is 9.81. The molecule has 0 aliphatic heterocycles. The first kappa shape index (κ1) is 28.5. The van der Waals surface area contributed by atoms with Crippen LogP contribution in [-0.2, 0) is 5.41 Å². The molecule has 2 heterocycles. The first-order valence-corrected chi connectivity index (χ1v) is 16.8. The Balaban J connectivity index is 1.05. The van der Waals surface area contributed by atoms with E-state index in [-0.39, 0.29) is 5.41 Å². The van der Waals surface area contributed by atoms with Crippen LogP contribution in [0.3, 0.4) is 0 Å². The summed E-state index contributed by atoms with van der Waals surface area (Å²) >= 11 is 0. The van der Waals surface area contributed by atoms with Gasteiger partial charge >= 0.3 is 0 Å². The summed E-state index contributed by atoms with van der Waals surface area (Å²) in [6.07, 6.45) is 3.69. The van der Waals surface area contributed by atoms with E-state index in [0.717, 1.165) is 0 Å². The summed E-state index contributed by atoms with van der Waals surface area (Å²) in [5.41, 5.74) is 18.9. The molecule has 48 heavy (non-hydrogen) atoms. The highest BCUT2D eigenvalue weighted by Gasteiger charge is 2.35. The van der Waals surface area contributed by atoms with Gasteiger partial charge in [-0.1, -0.05) is 97.8 Å². The zero-order chi connectivity index (χ0) is 32.6. The molecular weight excluding hydrogens is 581 g/mol. The average molecular weight is 617 g/mol. The first-order chi connectivity index (χ1) is 23.3. The monoisotopic (exact) mass is 616 g/mol. The van der Waals surface area contributed by atoms with Crippen LogP contribution >= 0.6 is 0 Å². The smallest absolute Gasteiger partial charge is 0.0541 e. The number of rotatable bonds is 4. The van der Waals surface area contributed by atoms with Crippen molar-refractivity contribution in [2.24, 2.45) is 0 Å². The summed E-state index contributed by atoms with van der Waals surface area (Å²) < 4.78 is 2.40. The lowest BCUT2D eigenvalue weighted by Crippen LogP contribution is -2.15. The second kappa shape index (κ2) is 10.7. The van der Waals surface area contributed by atoms with Crippen LogP contribution in [0.2, 0.25) is 0 Å². The van der Waals surface area contributed by atoms with Crippen molar-refractivity contribution in [2.45, 2.75) is 33.1 Å². The van der Waals surface area contributed by atoms with Crippen molar-refractivity contribution < 1.29 is 0 Å². The van der Waals surface area contributed by atoms with Crippen LogP contribution in [0.5, 0.6) is 0 Å². The van der Waals surface area contributed by atoms with Gasteiger partial charge in [0, 0.05) is 34.3 Å². The number of benzene rings is 6. The molecule has 0 radical (unpaired) electrons. The zero-order valence-corrected chi connectivity index (χ0v) is 27.8. The van der Waals surface area contributed by atoms with Gasteiger partial charge in [0.05, 0.1) is 11.0 Å². The van der Waals surface area contributed by atoms with Crippen molar-refractivity contribution in [3.63, 3.8) is 0 Å². The van der Waals surface area contributed by atoms with Gasteiger partial charge in [-0.05, 0) is 130 Å². The predicted molar refractivity (Wildman–Crippen MR) is 202 cm³/mol. The van der Waals surface area contributed by atoms with E-state index in [9.17, 15) is 0 Å². The highest BCUT2D eigenvalue weighted by atomic mass is 15.0. The Kier molecular flexibility index (Phi) is 6.32. The second-order valence-electron chi connectivity index (χ2n) is 13.9. The number of nitrogens with zero attached hydrogens (tertiary/aromatic N) is 2. The average Bonchev–Trinajstić information content (AvgIpc) is 3.55. The predicted octanol–water partition coefficient (Wildman–Crippen LogP) is 12.1. The third kappa shape index (κ3) is 4.44. The van der Waals surface area contributed by atoms with Crippen molar-refractivity contribution >= 4 is 21.8 Å². The van der Waals surface area contributed by atoms with Crippen LogP contribution < -0.4 is 0 Å². The number of fused-ring (bicyclic) bond motifs is 6. The van der Waals surface area contributed by atoms with Crippen molar-refractivity contribution in [1.82, 2.24) is 9.55 Å². The van der Waals surface area contributed by atoms with Gasteiger partial charge in [0.1, 0.15) is 0 Å². The van der Waals surface area contributed by atoms with E-state index in [1.165, 1.54) is 94.3 Å². The Morgan fingerprint density at radius 2 is 0.854 bits per heavy atom. The van der Waals surface area contributed by atoms with E-state index in [1.807, 2.05) is 12.4 Å². The van der Waals surface area contributed by atoms with Crippen LogP contribution in [0.4, 0.5) is 0 Å². The van der Waals surface area contributed by atoms with Gasteiger partial charge in [-0.2, -0.15) is 0 Å². The van der Waals surface area contributed by atoms with Crippen LogP contribution in [0.25, 0.3) is 72.0 Å². The molecule has 0 amide bonds. The molecule has 0 unspecified atom stereocenters. The maximum absolute atomic E-state index is 4.16. The number of hydrogen-bond acceptors (Lipinski definition) is 1. The Morgan fingerprint density at radius 1 is 0.438 bits per heavy atom. The molecule has 230 valence electrons. The van der Waals surface area contributed by atoms with Gasteiger partial charge in [-0.25, -0.2) is 0 Å². The standard InChI is InChI=1S/C46H36N2/c1-29-5-19-44-40(25-29)41-26-30(2)6-20-45(41)48(44)37-15-11-33(12-16-37)36-14-18-39-38-17-13-35(27-42(38)46(3,4)43(39)28-36)32-9-7-31(8-10-32)34-21-23-47-24-22-34/h5-28H,1-4H3. The molecule has 0 saturated heterocycles. The fraction of sp³-hybridized carbons (Fsp3) is 0.109. The second-order valence-corrected chi connectivity index (χ2v) is 13.9. The summed E-state index contributed by atoms with van der Waals surface area (Å²) in [5.74, 6) is 0. The van der Waals surface area contributed by atoms with E-state index in [2.05, 4.69) is 171 Å². The fourth-order valence-corrected chi connectivity index (χ4v) is 7.83. The Hall–Kier alpha value is -5.73. The summed E-state index contributed by atoms with van der Waals surface area (Å²) in [6.45, 7) is 9.08. The number of hydrogen-bond donors (Lipinski definition) is 0. The van der Waals surface area contributed by atoms with Crippen LogP contribution in [0.1, 0.15) is 36.1 Å². The maximum Gasteiger partial charge on any atom is 0.0541 e. The highest BCUT2D eigenvalue weighted by molar-refractivity contribution is 6.09. The summed E-state index contributed by atoms with van der Waals surface area (Å²) in [7, 11) is 0. The maximum atomic E-state index is 4.16. The molecular formula is C46H36N2. The topological polar surface area (TPSA) is 17.8 Å². The van der Waals surface area contributed by atoms with Crippen LogP contribution in [0, 0.1) is 13.8 Å². The van der Waals surface area contributed by atoms with Crippen molar-refractivity contribution in [3.8, 4) is 50.2 Å². The summed E-state index contributed by atoms with van der Waals surface area (Å²) in [5, 5.41) is 2.62. The van der Waals surface area contributed by atoms with Gasteiger partial charge < -0.3 is 4.57 Å². The van der Waals surface area contributed by atoms with Crippen molar-refractivity contribution in [3.05, 3.63) is 168 Å². The molecule has 0 saturated carbocycles. The van der Waals surface area contributed by atoms with E-state index in [1.54, 1.807) is 0 Å². The third-order valence-corrected chi connectivity index (χ3v) is 10.4. The molecule has 2 nitrogen and oxygen atoms in total. The fourth-order valence-electron chi connectivity index (χ4n) is 7.83. The Morgan fingerprint density at radius 3 is 1.35 bits per heavy atom. The van der Waals surface area contributed by atoms with E-state index in [0.29, 0.717) is 0 Å². The van der Waals surface area contributed by atoms with Gasteiger partial charge in [0.25, 0.3) is 0 Å². The van der Waals surface area contributed by atoms with E-state index < -0.39 is 0 Å². The van der Waals surface area contributed by atoms with Crippen LogP contribution in [-0.4, -0.2) is 9.55 Å². The minimum absolute atomic E-state index is 0.104. The molecule has 0 atom stereocenters. The lowest BCUT2D eigenvalue weighted by molar-refractivity contribution is 0.661. The quantitative estimate of drug-likeness (QED) is 0.192. The molecule has 0 spiro atoms. The minimum atomic E-state index is -0.104. The Bertz CT molecular complexity index is 2460. The molecule has 2 heteroatoms. The summed E-state index contributed by atoms with van der Waals surface area (Å²) in [6, 6.07) is 49.7. The van der Waals surface area contributed by atoms with Crippen molar-refractivity contribution in [1.29, 1.82) is 0 Å². The molecule has 0 N–H and O–H groups in total. The largest absolute Gasteiger partial charge is 0.309 e. The molecule has 8 aromatic rings. The summed E-state index contributed by atoms with van der Waals surface area (Å²) in [4.78, 5) is 4.16. The third-order valence-electron chi connectivity index (χ3n) is 10.4. The zero-order valence-electron chi connectivity index (χ0n) is 27.8. The molecule has 0 fully saturated rings. The number of aromatic nitrogens is 2. The van der Waals surface area contributed by atoms with E-state index in [4.69, 9.17) is 0 Å². The highest BCUT2D eigenvalue weighted by Crippen LogP contribution is 2.50. The molecule has 1 aliphatic carbocycles. The first-order valence-electron chi connectivity index (χ1n) is 16.8. The minimum Gasteiger partial charge on any atom is -0.309 e. The number of pyridine rings is 1. The normalized spacial score (nSPS) is 13.2.